The number of rotatable bonds is 6. The molecule has 0 aliphatic carbocycles. The quantitative estimate of drug-likeness (QED) is 0.316. The zero-order valence-corrected chi connectivity index (χ0v) is 22.2. The van der Waals surface area contributed by atoms with Gasteiger partial charge in [-0.05, 0) is 94.7 Å². The number of halogens is 2. The van der Waals surface area contributed by atoms with Gasteiger partial charge >= 0.3 is 0 Å². The minimum absolute atomic E-state index is 0.200. The van der Waals surface area contributed by atoms with E-state index in [1.165, 1.54) is 24.3 Å². The van der Waals surface area contributed by atoms with Crippen molar-refractivity contribution in [2.45, 2.75) is 32.9 Å². The van der Waals surface area contributed by atoms with Crippen LogP contribution < -0.4 is 5.56 Å². The van der Waals surface area contributed by atoms with Crippen LogP contribution in [0.15, 0.2) is 77.6 Å². The van der Waals surface area contributed by atoms with Gasteiger partial charge < -0.3 is 4.98 Å². The topological polar surface area (TPSA) is 79.7 Å². The second kappa shape index (κ2) is 10.6. The maximum Gasteiger partial charge on any atom is 0.253 e. The third-order valence-corrected chi connectivity index (χ3v) is 7.49. The van der Waals surface area contributed by atoms with Gasteiger partial charge in [0, 0.05) is 18.7 Å². The van der Waals surface area contributed by atoms with Crippen molar-refractivity contribution in [3.63, 3.8) is 0 Å². The SMILES string of the molecule is Cc1cc(C)c2[nH]c(=O)c(C(c3nnnn3Cc3ccc(F)cc3)N3CC=C(c4ccc(F)cc4)CC3)cc2c1. The zero-order valence-electron chi connectivity index (χ0n) is 22.2. The van der Waals surface area contributed by atoms with Crippen molar-refractivity contribution in [3.05, 3.63) is 128 Å². The minimum atomic E-state index is -0.532. The van der Waals surface area contributed by atoms with Crippen molar-refractivity contribution >= 4 is 16.5 Å². The molecule has 0 saturated heterocycles. The van der Waals surface area contributed by atoms with Crippen molar-refractivity contribution in [1.82, 2.24) is 30.1 Å². The van der Waals surface area contributed by atoms with Crippen LogP contribution in [-0.4, -0.2) is 43.2 Å². The fourth-order valence-corrected chi connectivity index (χ4v) is 5.53. The Kier molecular flexibility index (Phi) is 6.81. The molecule has 0 bridgehead atoms. The second-order valence-electron chi connectivity index (χ2n) is 10.3. The summed E-state index contributed by atoms with van der Waals surface area (Å²) in [7, 11) is 0. The zero-order chi connectivity index (χ0) is 27.8. The van der Waals surface area contributed by atoms with Crippen LogP contribution in [0.5, 0.6) is 0 Å². The lowest BCUT2D eigenvalue weighted by atomic mass is 9.96. The van der Waals surface area contributed by atoms with Crippen molar-refractivity contribution in [2.24, 2.45) is 0 Å². The van der Waals surface area contributed by atoms with Gasteiger partial charge in [-0.2, -0.15) is 0 Å². The molecule has 202 valence electrons. The van der Waals surface area contributed by atoms with Crippen molar-refractivity contribution < 1.29 is 8.78 Å². The summed E-state index contributed by atoms with van der Waals surface area (Å²) in [5.41, 5.74) is 6.20. The molecule has 0 saturated carbocycles. The number of aryl methyl sites for hydroxylation is 2. The summed E-state index contributed by atoms with van der Waals surface area (Å²) >= 11 is 0. The Morgan fingerprint density at radius 2 is 1.70 bits per heavy atom. The Morgan fingerprint density at radius 1 is 0.975 bits per heavy atom. The molecule has 40 heavy (non-hydrogen) atoms. The third kappa shape index (κ3) is 5.08. The molecule has 9 heteroatoms. The van der Waals surface area contributed by atoms with Crippen LogP contribution in [0.3, 0.4) is 0 Å². The van der Waals surface area contributed by atoms with Gasteiger partial charge in [0.05, 0.1) is 12.1 Å². The number of hydrogen-bond acceptors (Lipinski definition) is 5. The molecule has 7 nitrogen and oxygen atoms in total. The highest BCUT2D eigenvalue weighted by Crippen LogP contribution is 2.32. The maximum atomic E-state index is 13.6. The van der Waals surface area contributed by atoms with Crippen LogP contribution in [0.25, 0.3) is 16.5 Å². The lowest BCUT2D eigenvalue weighted by Gasteiger charge is -2.33. The van der Waals surface area contributed by atoms with Crippen LogP contribution in [0.4, 0.5) is 8.78 Å². The Bertz CT molecular complexity index is 1770. The number of nitrogens with one attached hydrogen (secondary N) is 1. The van der Waals surface area contributed by atoms with Gasteiger partial charge in [-0.3, -0.25) is 9.69 Å². The largest absolute Gasteiger partial charge is 0.321 e. The summed E-state index contributed by atoms with van der Waals surface area (Å²) in [5.74, 6) is -0.0584. The van der Waals surface area contributed by atoms with E-state index in [9.17, 15) is 13.6 Å². The number of benzene rings is 3. The monoisotopic (exact) mass is 538 g/mol. The van der Waals surface area contributed by atoms with Gasteiger partial charge in [0.1, 0.15) is 17.7 Å². The third-order valence-electron chi connectivity index (χ3n) is 7.49. The molecule has 1 unspecified atom stereocenters. The van der Waals surface area contributed by atoms with E-state index in [0.29, 0.717) is 37.4 Å². The summed E-state index contributed by atoms with van der Waals surface area (Å²) in [5, 5.41) is 13.5. The van der Waals surface area contributed by atoms with Gasteiger partial charge in [-0.25, -0.2) is 13.5 Å². The first kappa shape index (κ1) is 25.8. The Morgan fingerprint density at radius 3 is 2.40 bits per heavy atom. The fourth-order valence-electron chi connectivity index (χ4n) is 5.53. The number of aromatic amines is 1. The Balaban J connectivity index is 1.43. The first-order valence-corrected chi connectivity index (χ1v) is 13.2. The summed E-state index contributed by atoms with van der Waals surface area (Å²) in [6.07, 6.45) is 2.83. The minimum Gasteiger partial charge on any atom is -0.321 e. The van der Waals surface area contributed by atoms with Crippen LogP contribution in [0, 0.1) is 25.5 Å². The number of aromatic nitrogens is 5. The van der Waals surface area contributed by atoms with Gasteiger partial charge in [0.25, 0.3) is 5.56 Å². The van der Waals surface area contributed by atoms with Gasteiger partial charge in [0.15, 0.2) is 5.82 Å². The van der Waals surface area contributed by atoms with E-state index < -0.39 is 6.04 Å². The molecule has 0 amide bonds. The maximum absolute atomic E-state index is 13.6. The lowest BCUT2D eigenvalue weighted by molar-refractivity contribution is 0.234. The molecule has 1 aliphatic rings. The molecule has 0 radical (unpaired) electrons. The van der Waals surface area contributed by atoms with Crippen LogP contribution >= 0.6 is 0 Å². The Hall–Kier alpha value is -4.50. The van der Waals surface area contributed by atoms with E-state index in [1.54, 1.807) is 28.9 Å². The molecular weight excluding hydrogens is 510 g/mol. The fraction of sp³-hybridized carbons (Fsp3) is 0.226. The molecule has 5 aromatic rings. The van der Waals surface area contributed by atoms with E-state index in [2.05, 4.69) is 37.6 Å². The summed E-state index contributed by atoms with van der Waals surface area (Å²) in [6.45, 7) is 5.53. The normalized spacial score (nSPS) is 14.8. The van der Waals surface area contributed by atoms with Crippen LogP contribution in [-0.2, 0) is 6.54 Å². The molecule has 1 atom stereocenters. The number of pyridine rings is 1. The van der Waals surface area contributed by atoms with E-state index in [1.807, 2.05) is 26.0 Å². The Labute approximate surface area is 229 Å². The van der Waals surface area contributed by atoms with Gasteiger partial charge in [-0.1, -0.05) is 42.0 Å². The lowest BCUT2D eigenvalue weighted by Crippen LogP contribution is -2.38. The van der Waals surface area contributed by atoms with E-state index in [-0.39, 0.29) is 17.2 Å². The standard InChI is InChI=1S/C31H28F2N6O/c1-19-15-20(2)28-24(16-19)17-27(31(40)34-28)29(30-35-36-37-39(30)18-21-3-7-25(32)8-4-21)38-13-11-23(12-14-38)22-5-9-26(33)10-6-22/h3-11,15-17,29H,12-14,18H2,1-2H3,(H,34,40). The summed E-state index contributed by atoms with van der Waals surface area (Å²) in [4.78, 5) is 18.9. The molecule has 3 aromatic carbocycles. The van der Waals surface area contributed by atoms with Gasteiger partial charge in [-0.15, -0.1) is 5.10 Å². The van der Waals surface area contributed by atoms with E-state index in [0.717, 1.165) is 38.7 Å². The molecule has 6 rings (SSSR count). The first-order valence-electron chi connectivity index (χ1n) is 13.2. The number of nitrogens with zero attached hydrogens (tertiary/aromatic N) is 5. The smallest absolute Gasteiger partial charge is 0.253 e. The van der Waals surface area contributed by atoms with Crippen molar-refractivity contribution in [3.8, 4) is 0 Å². The highest BCUT2D eigenvalue weighted by molar-refractivity contribution is 5.83. The van der Waals surface area contributed by atoms with E-state index >= 15 is 0 Å². The average Bonchev–Trinajstić information content (AvgIpc) is 3.39. The number of fused-ring (bicyclic) bond motifs is 1. The molecule has 0 fully saturated rings. The highest BCUT2D eigenvalue weighted by Gasteiger charge is 2.31. The first-order chi connectivity index (χ1) is 19.4. The molecule has 1 aliphatic heterocycles. The second-order valence-corrected chi connectivity index (χ2v) is 10.3. The molecule has 0 spiro atoms. The number of hydrogen-bond donors (Lipinski definition) is 1. The highest BCUT2D eigenvalue weighted by atomic mass is 19.1. The average molecular weight is 539 g/mol. The van der Waals surface area contributed by atoms with Crippen LogP contribution in [0.2, 0.25) is 0 Å². The predicted molar refractivity (Wildman–Crippen MR) is 150 cm³/mol. The van der Waals surface area contributed by atoms with Crippen molar-refractivity contribution in [1.29, 1.82) is 0 Å². The molecule has 1 N–H and O–H groups in total. The number of tetrazole rings is 1. The molecular formula is C31H28F2N6O. The summed E-state index contributed by atoms with van der Waals surface area (Å²) < 4.78 is 28.7. The molecule has 3 heterocycles. The van der Waals surface area contributed by atoms with E-state index in [4.69, 9.17) is 0 Å². The molecule has 2 aromatic heterocycles. The predicted octanol–water partition coefficient (Wildman–Crippen LogP) is 5.34. The van der Waals surface area contributed by atoms with Crippen LogP contribution in [0.1, 0.15) is 46.1 Å². The van der Waals surface area contributed by atoms with Crippen molar-refractivity contribution in [2.75, 3.05) is 13.1 Å². The number of H-pyrrole nitrogens is 1. The van der Waals surface area contributed by atoms with Gasteiger partial charge in [0.2, 0.25) is 0 Å². The summed E-state index contributed by atoms with van der Waals surface area (Å²) in [6, 6.07) is 18.2.